The highest BCUT2D eigenvalue weighted by Crippen LogP contribution is 2.15. The van der Waals surface area contributed by atoms with Gasteiger partial charge in [0.1, 0.15) is 5.56 Å². The van der Waals surface area contributed by atoms with Crippen molar-refractivity contribution in [1.29, 1.82) is 0 Å². The quantitative estimate of drug-likeness (QED) is 0.780. The number of benzene rings is 1. The minimum Gasteiger partial charge on any atom is -0.322 e. The van der Waals surface area contributed by atoms with E-state index < -0.39 is 0 Å². The maximum atomic E-state index is 12.4. The van der Waals surface area contributed by atoms with Crippen molar-refractivity contribution in [2.75, 3.05) is 5.32 Å². The molecule has 0 atom stereocenters. The number of anilines is 1. The van der Waals surface area contributed by atoms with Gasteiger partial charge in [-0.25, -0.2) is 9.50 Å². The highest BCUT2D eigenvalue weighted by molar-refractivity contribution is 6.08. The number of nitrogens with zero attached hydrogens (tertiary/aromatic N) is 3. The lowest BCUT2D eigenvalue weighted by Gasteiger charge is -2.05. The number of amides is 1. The van der Waals surface area contributed by atoms with Crippen LogP contribution in [0.3, 0.4) is 0 Å². The fourth-order valence-electron chi connectivity index (χ4n) is 2.27. The first-order chi connectivity index (χ1) is 11.0. The molecule has 0 fully saturated rings. The SMILES string of the molecule is CC.Cc1ccc(NC(=O)c2cnn3c(C)cc(C)nc23)cc1. The molecule has 0 radical (unpaired) electrons. The van der Waals surface area contributed by atoms with Crippen molar-refractivity contribution >= 4 is 17.2 Å². The van der Waals surface area contributed by atoms with Gasteiger partial charge in [-0.1, -0.05) is 31.5 Å². The number of carbonyl (C=O) groups excluding carboxylic acids is 1. The average molecular weight is 310 g/mol. The molecule has 1 amide bonds. The van der Waals surface area contributed by atoms with E-state index in [-0.39, 0.29) is 5.91 Å². The van der Waals surface area contributed by atoms with E-state index in [4.69, 9.17) is 0 Å². The molecule has 3 aromatic rings. The van der Waals surface area contributed by atoms with Gasteiger partial charge >= 0.3 is 0 Å². The Hall–Kier alpha value is -2.69. The monoisotopic (exact) mass is 310 g/mol. The van der Waals surface area contributed by atoms with Gasteiger partial charge in [-0.15, -0.1) is 0 Å². The normalized spacial score (nSPS) is 10.1. The predicted molar refractivity (Wildman–Crippen MR) is 92.9 cm³/mol. The van der Waals surface area contributed by atoms with Crippen LogP contribution in [0.2, 0.25) is 0 Å². The lowest BCUT2D eigenvalue weighted by atomic mass is 10.2. The third-order valence-electron chi connectivity index (χ3n) is 3.33. The summed E-state index contributed by atoms with van der Waals surface area (Å²) in [6.45, 7) is 9.85. The summed E-state index contributed by atoms with van der Waals surface area (Å²) in [5.41, 5.74) is 4.78. The highest BCUT2D eigenvalue weighted by Gasteiger charge is 2.15. The molecule has 0 aliphatic carbocycles. The summed E-state index contributed by atoms with van der Waals surface area (Å²) in [6, 6.07) is 9.60. The van der Waals surface area contributed by atoms with Crippen LogP contribution in [-0.2, 0) is 0 Å². The van der Waals surface area contributed by atoms with Crippen LogP contribution in [0.25, 0.3) is 5.65 Å². The summed E-state index contributed by atoms with van der Waals surface area (Å²) < 4.78 is 1.68. The van der Waals surface area contributed by atoms with Crippen molar-refractivity contribution < 1.29 is 4.79 Å². The molecule has 23 heavy (non-hydrogen) atoms. The second-order valence-corrected chi connectivity index (χ2v) is 5.15. The molecule has 120 valence electrons. The Bertz CT molecular complexity index is 819. The number of rotatable bonds is 2. The van der Waals surface area contributed by atoms with E-state index in [2.05, 4.69) is 15.4 Å². The van der Waals surface area contributed by atoms with Gasteiger partial charge in [0.2, 0.25) is 0 Å². The summed E-state index contributed by atoms with van der Waals surface area (Å²) >= 11 is 0. The largest absolute Gasteiger partial charge is 0.322 e. The van der Waals surface area contributed by atoms with E-state index in [0.29, 0.717) is 11.2 Å². The van der Waals surface area contributed by atoms with Gasteiger partial charge in [0.25, 0.3) is 5.91 Å². The fourth-order valence-corrected chi connectivity index (χ4v) is 2.27. The molecule has 0 unspecified atom stereocenters. The zero-order chi connectivity index (χ0) is 17.0. The number of nitrogens with one attached hydrogen (secondary N) is 1. The zero-order valence-corrected chi connectivity index (χ0v) is 14.2. The molecule has 2 heterocycles. The van der Waals surface area contributed by atoms with Gasteiger partial charge in [0, 0.05) is 17.1 Å². The molecule has 2 aromatic heterocycles. The number of carbonyl (C=O) groups is 1. The average Bonchev–Trinajstić information content (AvgIpc) is 2.95. The number of hydrogen-bond donors (Lipinski definition) is 1. The lowest BCUT2D eigenvalue weighted by Crippen LogP contribution is -2.12. The third kappa shape index (κ3) is 3.56. The van der Waals surface area contributed by atoms with E-state index in [1.54, 1.807) is 10.7 Å². The zero-order valence-electron chi connectivity index (χ0n) is 14.2. The Kier molecular flexibility index (Phi) is 5.11. The van der Waals surface area contributed by atoms with Crippen LogP contribution in [0.5, 0.6) is 0 Å². The van der Waals surface area contributed by atoms with E-state index in [9.17, 15) is 4.79 Å². The van der Waals surface area contributed by atoms with Gasteiger partial charge in [0.05, 0.1) is 6.20 Å². The Balaban J connectivity index is 0.000000924. The molecule has 3 rings (SSSR count). The van der Waals surface area contributed by atoms with Gasteiger partial charge in [-0.05, 0) is 39.0 Å². The van der Waals surface area contributed by atoms with Crippen LogP contribution < -0.4 is 5.32 Å². The molecule has 0 aliphatic rings. The van der Waals surface area contributed by atoms with Crippen LogP contribution in [0.15, 0.2) is 36.5 Å². The summed E-state index contributed by atoms with van der Waals surface area (Å²) in [4.78, 5) is 16.8. The van der Waals surface area contributed by atoms with Gasteiger partial charge in [0.15, 0.2) is 5.65 Å². The molecule has 5 heteroatoms. The van der Waals surface area contributed by atoms with Crippen molar-refractivity contribution in [2.45, 2.75) is 34.6 Å². The second kappa shape index (κ2) is 7.05. The second-order valence-electron chi connectivity index (χ2n) is 5.15. The first kappa shape index (κ1) is 16.7. The Morgan fingerprint density at radius 3 is 2.39 bits per heavy atom. The van der Waals surface area contributed by atoms with Crippen molar-refractivity contribution in [3.05, 3.63) is 59.0 Å². The molecule has 0 saturated carbocycles. The molecule has 1 aromatic carbocycles. The van der Waals surface area contributed by atoms with Crippen molar-refractivity contribution in [1.82, 2.24) is 14.6 Å². The minimum atomic E-state index is -0.202. The maximum absolute atomic E-state index is 12.4. The number of aryl methyl sites for hydroxylation is 3. The summed E-state index contributed by atoms with van der Waals surface area (Å²) in [5, 5.41) is 7.10. The van der Waals surface area contributed by atoms with Gasteiger partial charge in [-0.2, -0.15) is 5.10 Å². The van der Waals surface area contributed by atoms with Crippen LogP contribution >= 0.6 is 0 Å². The van der Waals surface area contributed by atoms with Crippen LogP contribution in [0.4, 0.5) is 5.69 Å². The van der Waals surface area contributed by atoms with Gasteiger partial charge in [-0.3, -0.25) is 4.79 Å². The maximum Gasteiger partial charge on any atom is 0.261 e. The first-order valence-corrected chi connectivity index (χ1v) is 7.74. The Labute approximate surface area is 136 Å². The molecular weight excluding hydrogens is 288 g/mol. The van der Waals surface area contributed by atoms with E-state index in [1.807, 2.05) is 65.0 Å². The molecule has 0 aliphatic heterocycles. The Morgan fingerprint density at radius 1 is 1.09 bits per heavy atom. The molecule has 0 saturated heterocycles. The molecule has 1 N–H and O–H groups in total. The highest BCUT2D eigenvalue weighted by atomic mass is 16.1. The first-order valence-electron chi connectivity index (χ1n) is 7.74. The molecular formula is C18H22N4O. The van der Waals surface area contributed by atoms with Crippen LogP contribution in [0.1, 0.15) is 41.2 Å². The molecule has 5 nitrogen and oxygen atoms in total. The third-order valence-corrected chi connectivity index (χ3v) is 3.33. The topological polar surface area (TPSA) is 59.3 Å². The minimum absolute atomic E-state index is 0.202. The summed E-state index contributed by atoms with van der Waals surface area (Å²) in [5.74, 6) is -0.202. The number of aromatic nitrogens is 3. The predicted octanol–water partition coefficient (Wildman–Crippen LogP) is 3.93. The Morgan fingerprint density at radius 2 is 1.74 bits per heavy atom. The lowest BCUT2D eigenvalue weighted by molar-refractivity contribution is 0.102. The van der Waals surface area contributed by atoms with Crippen molar-refractivity contribution in [3.63, 3.8) is 0 Å². The summed E-state index contributed by atoms with van der Waals surface area (Å²) in [7, 11) is 0. The van der Waals surface area contributed by atoms with Crippen LogP contribution in [0, 0.1) is 20.8 Å². The van der Waals surface area contributed by atoms with Crippen molar-refractivity contribution in [3.8, 4) is 0 Å². The van der Waals surface area contributed by atoms with Crippen molar-refractivity contribution in [2.24, 2.45) is 0 Å². The van der Waals surface area contributed by atoms with E-state index >= 15 is 0 Å². The van der Waals surface area contributed by atoms with Crippen LogP contribution in [-0.4, -0.2) is 20.5 Å². The molecule has 0 spiro atoms. The number of hydrogen-bond acceptors (Lipinski definition) is 3. The fraction of sp³-hybridized carbons (Fsp3) is 0.278. The van der Waals surface area contributed by atoms with E-state index in [0.717, 1.165) is 22.6 Å². The number of fused-ring (bicyclic) bond motifs is 1. The molecule has 0 bridgehead atoms. The summed E-state index contributed by atoms with van der Waals surface area (Å²) in [6.07, 6.45) is 1.55. The standard InChI is InChI=1S/C16H16N4O.C2H6/c1-10-4-6-13(7-5-10)19-16(21)14-9-17-20-12(3)8-11(2)18-15(14)20;1-2/h4-9H,1-3H3,(H,19,21);1-2H3. The van der Waals surface area contributed by atoms with E-state index in [1.165, 1.54) is 0 Å². The van der Waals surface area contributed by atoms with Gasteiger partial charge < -0.3 is 5.32 Å². The smallest absolute Gasteiger partial charge is 0.261 e.